The SMILES string of the molecule is COC(=O)N1C(=O)/C(=C\c2[nH]c(C)cc2C)c2ccccc21. The lowest BCUT2D eigenvalue weighted by Crippen LogP contribution is -2.33. The molecule has 0 radical (unpaired) electrons. The molecular weight excluding hydrogens is 280 g/mol. The lowest BCUT2D eigenvalue weighted by atomic mass is 10.1. The molecule has 2 aromatic rings. The van der Waals surface area contributed by atoms with E-state index >= 15 is 0 Å². The van der Waals surface area contributed by atoms with E-state index in [0.717, 1.165) is 27.4 Å². The van der Waals surface area contributed by atoms with E-state index in [2.05, 4.69) is 4.98 Å². The van der Waals surface area contributed by atoms with E-state index in [1.807, 2.05) is 32.0 Å². The van der Waals surface area contributed by atoms with Crippen LogP contribution in [0.25, 0.3) is 11.6 Å². The maximum absolute atomic E-state index is 12.6. The number of carbonyl (C=O) groups is 2. The Morgan fingerprint density at radius 1 is 1.27 bits per heavy atom. The number of H-pyrrole nitrogens is 1. The van der Waals surface area contributed by atoms with Crippen LogP contribution in [-0.4, -0.2) is 24.1 Å². The molecule has 0 fully saturated rings. The number of nitrogens with one attached hydrogen (secondary N) is 1. The second kappa shape index (κ2) is 5.18. The number of nitrogens with zero attached hydrogens (tertiary/aromatic N) is 1. The molecule has 1 aliphatic heterocycles. The molecule has 2 heterocycles. The predicted octanol–water partition coefficient (Wildman–Crippen LogP) is 3.29. The van der Waals surface area contributed by atoms with E-state index in [1.165, 1.54) is 7.11 Å². The van der Waals surface area contributed by atoms with Crippen molar-refractivity contribution >= 4 is 29.3 Å². The lowest BCUT2D eigenvalue weighted by molar-refractivity contribution is -0.112. The maximum atomic E-state index is 12.6. The molecule has 0 atom stereocenters. The zero-order valence-corrected chi connectivity index (χ0v) is 12.6. The Morgan fingerprint density at radius 2 is 2.00 bits per heavy atom. The van der Waals surface area contributed by atoms with Crippen molar-refractivity contribution in [2.45, 2.75) is 13.8 Å². The molecule has 0 saturated heterocycles. The summed E-state index contributed by atoms with van der Waals surface area (Å²) in [4.78, 5) is 28.8. The highest BCUT2D eigenvalue weighted by molar-refractivity contribution is 6.41. The molecule has 1 aromatic carbocycles. The largest absolute Gasteiger partial charge is 0.452 e. The van der Waals surface area contributed by atoms with Crippen LogP contribution in [0.15, 0.2) is 30.3 Å². The maximum Gasteiger partial charge on any atom is 0.421 e. The molecule has 0 bridgehead atoms. The lowest BCUT2D eigenvalue weighted by Gasteiger charge is -2.12. The summed E-state index contributed by atoms with van der Waals surface area (Å²) >= 11 is 0. The molecule has 1 aliphatic rings. The van der Waals surface area contributed by atoms with Crippen LogP contribution in [0.5, 0.6) is 0 Å². The van der Waals surface area contributed by atoms with E-state index in [9.17, 15) is 9.59 Å². The first kappa shape index (κ1) is 14.1. The third-order valence-electron chi connectivity index (χ3n) is 3.70. The summed E-state index contributed by atoms with van der Waals surface area (Å²) in [5.41, 5.74) is 4.68. The van der Waals surface area contributed by atoms with Gasteiger partial charge in [0.2, 0.25) is 0 Å². The van der Waals surface area contributed by atoms with Gasteiger partial charge in [-0.05, 0) is 37.6 Å². The molecule has 1 N–H and O–H groups in total. The first-order valence-electron chi connectivity index (χ1n) is 6.92. The van der Waals surface area contributed by atoms with Crippen LogP contribution < -0.4 is 4.90 Å². The standard InChI is InChI=1S/C17H16N2O3/c1-10-8-11(2)18-14(10)9-13-12-6-4-5-7-15(12)19(16(13)20)17(21)22-3/h4-9,18H,1-3H3/b13-9-. The van der Waals surface area contributed by atoms with Gasteiger partial charge >= 0.3 is 6.09 Å². The van der Waals surface area contributed by atoms with Crippen molar-refractivity contribution in [3.63, 3.8) is 0 Å². The number of aryl methyl sites for hydroxylation is 2. The minimum absolute atomic E-state index is 0.375. The number of fused-ring (bicyclic) bond motifs is 1. The van der Waals surface area contributed by atoms with Crippen molar-refractivity contribution in [2.24, 2.45) is 0 Å². The fourth-order valence-electron chi connectivity index (χ4n) is 2.70. The van der Waals surface area contributed by atoms with Crippen LogP contribution in [0, 0.1) is 13.8 Å². The van der Waals surface area contributed by atoms with Crippen LogP contribution in [0.4, 0.5) is 10.5 Å². The van der Waals surface area contributed by atoms with E-state index in [1.54, 1.807) is 18.2 Å². The van der Waals surface area contributed by atoms with Crippen LogP contribution in [0.1, 0.15) is 22.5 Å². The monoisotopic (exact) mass is 296 g/mol. The number of hydrogen-bond acceptors (Lipinski definition) is 3. The third-order valence-corrected chi connectivity index (χ3v) is 3.70. The van der Waals surface area contributed by atoms with Gasteiger partial charge < -0.3 is 9.72 Å². The summed E-state index contributed by atoms with van der Waals surface area (Å²) in [7, 11) is 1.26. The molecule has 1 aromatic heterocycles. The van der Waals surface area contributed by atoms with Gasteiger partial charge in [0.15, 0.2) is 0 Å². The van der Waals surface area contributed by atoms with Gasteiger partial charge in [-0.15, -0.1) is 0 Å². The fourth-order valence-corrected chi connectivity index (χ4v) is 2.70. The molecule has 0 unspecified atom stereocenters. The summed E-state index contributed by atoms with van der Waals surface area (Å²) in [6.07, 6.45) is 1.10. The van der Waals surface area contributed by atoms with E-state index in [0.29, 0.717) is 11.3 Å². The highest BCUT2D eigenvalue weighted by atomic mass is 16.5. The van der Waals surface area contributed by atoms with Crippen molar-refractivity contribution in [1.82, 2.24) is 4.98 Å². The van der Waals surface area contributed by atoms with E-state index in [4.69, 9.17) is 4.74 Å². The summed E-state index contributed by atoms with van der Waals surface area (Å²) in [5, 5.41) is 0. The Kier molecular flexibility index (Phi) is 3.33. The zero-order valence-electron chi connectivity index (χ0n) is 12.6. The number of aromatic nitrogens is 1. The number of anilines is 1. The van der Waals surface area contributed by atoms with Gasteiger partial charge in [-0.1, -0.05) is 18.2 Å². The number of benzene rings is 1. The molecule has 3 rings (SSSR count). The van der Waals surface area contributed by atoms with Gasteiger partial charge in [0, 0.05) is 17.0 Å². The summed E-state index contributed by atoms with van der Waals surface area (Å²) in [5.74, 6) is -0.375. The van der Waals surface area contributed by atoms with Crippen LogP contribution in [0.2, 0.25) is 0 Å². The molecule has 5 nitrogen and oxygen atoms in total. The second-order valence-corrected chi connectivity index (χ2v) is 5.23. The third kappa shape index (κ3) is 2.11. The van der Waals surface area contributed by atoms with Gasteiger partial charge in [0.1, 0.15) is 0 Å². The molecule has 22 heavy (non-hydrogen) atoms. The predicted molar refractivity (Wildman–Crippen MR) is 84.5 cm³/mol. The molecule has 5 heteroatoms. The number of aromatic amines is 1. The number of imide groups is 1. The van der Waals surface area contributed by atoms with Gasteiger partial charge in [0.25, 0.3) is 5.91 Å². The Bertz CT molecular complexity index is 802. The molecule has 0 aliphatic carbocycles. The Hall–Kier alpha value is -2.82. The summed E-state index contributed by atoms with van der Waals surface area (Å²) < 4.78 is 4.72. The number of ether oxygens (including phenoxy) is 1. The minimum Gasteiger partial charge on any atom is -0.452 e. The van der Waals surface area contributed by atoms with Gasteiger partial charge in [0.05, 0.1) is 18.4 Å². The fraction of sp³-hybridized carbons (Fsp3) is 0.176. The van der Waals surface area contributed by atoms with Crippen molar-refractivity contribution in [2.75, 3.05) is 12.0 Å². The molecule has 0 saturated carbocycles. The highest BCUT2D eigenvalue weighted by Gasteiger charge is 2.37. The average molecular weight is 296 g/mol. The zero-order chi connectivity index (χ0) is 15.9. The van der Waals surface area contributed by atoms with Crippen LogP contribution in [-0.2, 0) is 9.53 Å². The minimum atomic E-state index is -0.680. The van der Waals surface area contributed by atoms with E-state index in [-0.39, 0.29) is 5.91 Å². The normalized spacial score (nSPS) is 15.3. The molecule has 2 amide bonds. The number of methoxy groups -OCH3 is 1. The molecular formula is C17H16N2O3. The number of carbonyl (C=O) groups excluding carboxylic acids is 2. The number of para-hydroxylation sites is 1. The van der Waals surface area contributed by atoms with Crippen molar-refractivity contribution in [3.8, 4) is 0 Å². The Balaban J connectivity index is 2.15. The highest BCUT2D eigenvalue weighted by Crippen LogP contribution is 2.38. The van der Waals surface area contributed by atoms with Gasteiger partial charge in [-0.2, -0.15) is 0 Å². The smallest absolute Gasteiger partial charge is 0.421 e. The van der Waals surface area contributed by atoms with Crippen molar-refractivity contribution in [3.05, 3.63) is 52.8 Å². The first-order valence-corrected chi connectivity index (χ1v) is 6.92. The van der Waals surface area contributed by atoms with E-state index < -0.39 is 6.09 Å². The Morgan fingerprint density at radius 3 is 2.64 bits per heavy atom. The Labute approximate surface area is 128 Å². The van der Waals surface area contributed by atoms with Gasteiger partial charge in [-0.3, -0.25) is 4.79 Å². The van der Waals surface area contributed by atoms with Gasteiger partial charge in [-0.25, -0.2) is 9.69 Å². The number of amides is 2. The van der Waals surface area contributed by atoms with Crippen LogP contribution in [0.3, 0.4) is 0 Å². The molecule has 0 spiro atoms. The topological polar surface area (TPSA) is 62.4 Å². The quantitative estimate of drug-likeness (QED) is 0.821. The van der Waals surface area contributed by atoms with Crippen molar-refractivity contribution < 1.29 is 14.3 Å². The number of rotatable bonds is 1. The second-order valence-electron chi connectivity index (χ2n) is 5.23. The summed E-state index contributed by atoms with van der Waals surface area (Å²) in [6.45, 7) is 3.93. The first-order chi connectivity index (χ1) is 10.5. The summed E-state index contributed by atoms with van der Waals surface area (Å²) in [6, 6.07) is 9.20. The number of hydrogen-bond donors (Lipinski definition) is 1. The molecule has 112 valence electrons. The van der Waals surface area contributed by atoms with Crippen molar-refractivity contribution in [1.29, 1.82) is 0 Å². The average Bonchev–Trinajstić information content (AvgIpc) is 2.96. The van der Waals surface area contributed by atoms with Crippen LogP contribution >= 0.6 is 0 Å².